The minimum atomic E-state index is -0.303. The van der Waals surface area contributed by atoms with Crippen LogP contribution < -0.4 is 0 Å². The number of aryl methyl sites for hydroxylation is 2. The summed E-state index contributed by atoms with van der Waals surface area (Å²) >= 11 is 0. The number of aromatic nitrogens is 3. The van der Waals surface area contributed by atoms with Gasteiger partial charge < -0.3 is 0 Å². The van der Waals surface area contributed by atoms with Gasteiger partial charge in [-0.2, -0.15) is 5.10 Å². The minimum absolute atomic E-state index is 0. The molecule has 1 heterocycles. The number of rotatable bonds is 3. The fourth-order valence-corrected chi connectivity index (χ4v) is 3.11. The molecule has 0 N–H and O–H groups in total. The predicted molar refractivity (Wildman–Crippen MR) is 98.6 cm³/mol. The molecular formula is C21H23FIrN3-. The third-order valence-corrected chi connectivity index (χ3v) is 4.12. The molecule has 0 fully saturated rings. The summed E-state index contributed by atoms with van der Waals surface area (Å²) in [7, 11) is 0. The van der Waals surface area contributed by atoms with Gasteiger partial charge in [0.15, 0.2) is 0 Å². The molecule has 3 nitrogen and oxygen atoms in total. The second-order valence-corrected chi connectivity index (χ2v) is 7.68. The Bertz CT molecular complexity index is 890. The van der Waals surface area contributed by atoms with Crippen LogP contribution >= 0.6 is 0 Å². The smallest absolute Gasteiger partial charge is 0.127 e. The molecule has 26 heavy (non-hydrogen) atoms. The van der Waals surface area contributed by atoms with Crippen molar-refractivity contribution >= 4 is 0 Å². The summed E-state index contributed by atoms with van der Waals surface area (Å²) in [5, 5.41) is 4.37. The standard InChI is InChI=1S/C21H23FN3.Ir/c1-14-7-6-8-15(2)19(14)18-11-16(22)9-10-17(18)20-23-13-24-25(20)12-21(3,4)5;/h6-9,11,13H,12H2,1-5H3;/q-1;. The SMILES string of the molecule is Cc1cccc(C)c1-c1cc(F)c[c-]c1-c1ncnn1CC(C)(C)C.[Ir]. The first kappa shape index (κ1) is 20.5. The van der Waals surface area contributed by atoms with Gasteiger partial charge in [0, 0.05) is 32.5 Å². The Hall–Kier alpha value is -1.84. The van der Waals surface area contributed by atoms with Crippen LogP contribution in [0.2, 0.25) is 0 Å². The van der Waals surface area contributed by atoms with Gasteiger partial charge in [-0.15, -0.1) is 18.2 Å². The average molecular weight is 529 g/mol. The summed E-state index contributed by atoms with van der Waals surface area (Å²) in [6, 6.07) is 12.1. The monoisotopic (exact) mass is 529 g/mol. The third-order valence-electron chi connectivity index (χ3n) is 4.12. The van der Waals surface area contributed by atoms with Crippen molar-refractivity contribution in [2.24, 2.45) is 5.41 Å². The molecule has 0 amide bonds. The van der Waals surface area contributed by atoms with Crippen LogP contribution in [0.4, 0.5) is 4.39 Å². The molecule has 2 aromatic carbocycles. The van der Waals surface area contributed by atoms with Crippen molar-refractivity contribution in [2.45, 2.75) is 41.2 Å². The Morgan fingerprint density at radius 3 is 2.42 bits per heavy atom. The molecule has 1 aromatic heterocycles. The normalized spacial score (nSPS) is 11.3. The van der Waals surface area contributed by atoms with E-state index in [0.29, 0.717) is 5.82 Å². The number of benzene rings is 2. The van der Waals surface area contributed by atoms with E-state index in [1.807, 2.05) is 36.7 Å². The third kappa shape index (κ3) is 4.28. The van der Waals surface area contributed by atoms with Gasteiger partial charge in [-0.1, -0.05) is 66.8 Å². The molecule has 5 heteroatoms. The number of halogens is 1. The Morgan fingerprint density at radius 1 is 1.15 bits per heavy atom. The number of hydrogen-bond donors (Lipinski definition) is 0. The average Bonchev–Trinajstić information content (AvgIpc) is 2.93. The summed E-state index contributed by atoms with van der Waals surface area (Å²) in [4.78, 5) is 4.44. The van der Waals surface area contributed by atoms with Gasteiger partial charge >= 0.3 is 0 Å². The Balaban J connectivity index is 0.00000243. The second kappa shape index (κ2) is 7.81. The second-order valence-electron chi connectivity index (χ2n) is 7.68. The van der Waals surface area contributed by atoms with Crippen molar-refractivity contribution in [3.63, 3.8) is 0 Å². The van der Waals surface area contributed by atoms with E-state index in [0.717, 1.165) is 34.4 Å². The van der Waals surface area contributed by atoms with E-state index < -0.39 is 0 Å². The first-order chi connectivity index (χ1) is 11.8. The van der Waals surface area contributed by atoms with Crippen molar-refractivity contribution in [2.75, 3.05) is 0 Å². The van der Waals surface area contributed by atoms with Gasteiger partial charge in [-0.3, -0.25) is 14.1 Å². The van der Waals surface area contributed by atoms with Crippen LogP contribution in [0, 0.1) is 31.1 Å². The Morgan fingerprint density at radius 2 is 1.81 bits per heavy atom. The molecule has 1 radical (unpaired) electrons. The van der Waals surface area contributed by atoms with Gasteiger partial charge in [0.25, 0.3) is 0 Å². The first-order valence-corrected chi connectivity index (χ1v) is 8.42. The van der Waals surface area contributed by atoms with E-state index in [1.165, 1.54) is 6.07 Å². The van der Waals surface area contributed by atoms with E-state index in [1.54, 1.807) is 12.4 Å². The van der Waals surface area contributed by atoms with Crippen LogP contribution in [0.5, 0.6) is 0 Å². The molecule has 139 valence electrons. The molecule has 0 aliphatic heterocycles. The molecule has 0 unspecified atom stereocenters. The largest absolute Gasteiger partial charge is 0.285 e. The topological polar surface area (TPSA) is 30.7 Å². The molecule has 0 saturated carbocycles. The maximum Gasteiger partial charge on any atom is 0.127 e. The van der Waals surface area contributed by atoms with Crippen molar-refractivity contribution in [1.82, 2.24) is 14.8 Å². The molecule has 0 saturated heterocycles. The maximum atomic E-state index is 14.0. The van der Waals surface area contributed by atoms with Crippen molar-refractivity contribution in [3.8, 4) is 22.5 Å². The zero-order valence-electron chi connectivity index (χ0n) is 15.7. The van der Waals surface area contributed by atoms with Crippen molar-refractivity contribution in [1.29, 1.82) is 0 Å². The van der Waals surface area contributed by atoms with Crippen molar-refractivity contribution in [3.05, 3.63) is 59.7 Å². The maximum absolute atomic E-state index is 14.0. The Kier molecular flexibility index (Phi) is 6.15. The quantitative estimate of drug-likeness (QED) is 0.437. The minimum Gasteiger partial charge on any atom is -0.285 e. The van der Waals surface area contributed by atoms with Crippen LogP contribution in [0.25, 0.3) is 22.5 Å². The molecule has 0 aliphatic rings. The van der Waals surface area contributed by atoms with E-state index in [2.05, 4.69) is 36.9 Å². The van der Waals surface area contributed by atoms with E-state index >= 15 is 0 Å². The van der Waals surface area contributed by atoms with Gasteiger partial charge in [0.1, 0.15) is 6.33 Å². The fourth-order valence-electron chi connectivity index (χ4n) is 3.11. The summed E-state index contributed by atoms with van der Waals surface area (Å²) in [6.07, 6.45) is 1.55. The van der Waals surface area contributed by atoms with Crippen LogP contribution in [0.15, 0.2) is 36.7 Å². The van der Waals surface area contributed by atoms with Crippen LogP contribution in [-0.2, 0) is 26.7 Å². The first-order valence-electron chi connectivity index (χ1n) is 8.42. The van der Waals surface area contributed by atoms with Gasteiger partial charge in [0.05, 0.1) is 5.82 Å². The van der Waals surface area contributed by atoms with Crippen LogP contribution in [0.1, 0.15) is 31.9 Å². The Labute approximate surface area is 168 Å². The number of nitrogens with zero attached hydrogens (tertiary/aromatic N) is 3. The summed E-state index contributed by atoms with van der Waals surface area (Å²) in [5.41, 5.74) is 4.86. The van der Waals surface area contributed by atoms with Crippen LogP contribution in [0.3, 0.4) is 0 Å². The summed E-state index contributed by atoms with van der Waals surface area (Å²) in [5.74, 6) is 0.413. The van der Waals surface area contributed by atoms with Crippen molar-refractivity contribution < 1.29 is 24.5 Å². The zero-order valence-corrected chi connectivity index (χ0v) is 18.1. The van der Waals surface area contributed by atoms with Gasteiger partial charge in [-0.25, -0.2) is 0 Å². The summed E-state index contributed by atoms with van der Waals surface area (Å²) in [6.45, 7) is 11.3. The molecule has 0 atom stereocenters. The fraction of sp³-hybridized carbons (Fsp3) is 0.333. The molecule has 0 aliphatic carbocycles. The number of hydrogen-bond acceptors (Lipinski definition) is 2. The molecule has 3 rings (SSSR count). The van der Waals surface area contributed by atoms with E-state index in [4.69, 9.17) is 0 Å². The molecular weight excluding hydrogens is 505 g/mol. The molecule has 3 aromatic rings. The van der Waals surface area contributed by atoms with E-state index in [-0.39, 0.29) is 31.3 Å². The van der Waals surface area contributed by atoms with Gasteiger partial charge in [0.2, 0.25) is 0 Å². The van der Waals surface area contributed by atoms with Crippen LogP contribution in [-0.4, -0.2) is 14.8 Å². The predicted octanol–water partition coefficient (Wildman–Crippen LogP) is 5.21. The molecule has 0 spiro atoms. The van der Waals surface area contributed by atoms with Gasteiger partial charge in [-0.05, 0) is 19.3 Å². The molecule has 0 bridgehead atoms. The zero-order chi connectivity index (χ0) is 18.2. The summed E-state index contributed by atoms with van der Waals surface area (Å²) < 4.78 is 15.9. The van der Waals surface area contributed by atoms with E-state index in [9.17, 15) is 4.39 Å².